The fourth-order valence-corrected chi connectivity index (χ4v) is 6.66. The lowest BCUT2D eigenvalue weighted by molar-refractivity contribution is 0.411. The van der Waals surface area contributed by atoms with Crippen molar-refractivity contribution in [2.45, 2.75) is 35.8 Å². The highest BCUT2D eigenvalue weighted by Gasteiger charge is 2.32. The Bertz CT molecular complexity index is 1380. The molecule has 0 radical (unpaired) electrons. The van der Waals surface area contributed by atoms with Crippen LogP contribution in [0.2, 0.25) is 0 Å². The summed E-state index contributed by atoms with van der Waals surface area (Å²) in [6.45, 7) is 4.38. The molecule has 176 valence electrons. The lowest BCUT2D eigenvalue weighted by atomic mass is 10.1. The van der Waals surface area contributed by atoms with Gasteiger partial charge in [-0.25, -0.2) is 25.9 Å². The predicted molar refractivity (Wildman–Crippen MR) is 123 cm³/mol. The van der Waals surface area contributed by atoms with Gasteiger partial charge in [-0.15, -0.1) is 0 Å². The first kappa shape index (κ1) is 24.8. The van der Waals surface area contributed by atoms with Crippen LogP contribution in [0.1, 0.15) is 27.5 Å². The van der Waals surface area contributed by atoms with Gasteiger partial charge in [0.2, 0.25) is 10.0 Å². The summed E-state index contributed by atoms with van der Waals surface area (Å²) >= 11 is 0. The Balaban J connectivity index is 2.00. The van der Waals surface area contributed by atoms with E-state index in [1.807, 2.05) is 0 Å². The van der Waals surface area contributed by atoms with Crippen molar-refractivity contribution >= 4 is 19.9 Å². The minimum Gasteiger partial charge on any atom is -0.496 e. The highest BCUT2D eigenvalue weighted by molar-refractivity contribution is 7.92. The molecule has 2 aromatic carbocycles. The smallest absolute Gasteiger partial charge is 0.240 e. The lowest BCUT2D eigenvalue weighted by Crippen LogP contribution is -2.32. The lowest BCUT2D eigenvalue weighted by Gasteiger charge is -2.20. The molecule has 0 aliphatic rings. The zero-order valence-corrected chi connectivity index (χ0v) is 20.3. The second-order valence-corrected chi connectivity index (χ2v) is 11.5. The molecule has 3 aromatic rings. The molecule has 0 spiro atoms. The first-order chi connectivity index (χ1) is 15.5. The Hall–Kier alpha value is -2.82. The van der Waals surface area contributed by atoms with Crippen LogP contribution < -0.4 is 9.46 Å². The summed E-state index contributed by atoms with van der Waals surface area (Å²) in [7, 11) is -6.64. The Kier molecular flexibility index (Phi) is 7.20. The second-order valence-electron chi connectivity index (χ2n) is 7.67. The molecule has 1 aromatic heterocycles. The average Bonchev–Trinajstić information content (AvgIpc) is 2.77. The molecule has 1 atom stereocenters. The number of ether oxygens (including phenoxy) is 1. The number of hydrogen-bond donors (Lipinski definition) is 1. The van der Waals surface area contributed by atoms with Gasteiger partial charge in [-0.2, -0.15) is 0 Å². The van der Waals surface area contributed by atoms with Crippen LogP contribution in [0.3, 0.4) is 0 Å². The molecule has 0 bridgehead atoms. The zero-order chi connectivity index (χ0) is 24.4. The maximum absolute atomic E-state index is 13.7. The third kappa shape index (κ3) is 5.23. The van der Waals surface area contributed by atoms with Gasteiger partial charge in [0.25, 0.3) is 0 Å². The molecule has 0 aliphatic carbocycles. The number of aryl methyl sites for hydroxylation is 3. The minimum atomic E-state index is -4.08. The van der Waals surface area contributed by atoms with Crippen LogP contribution >= 0.6 is 0 Å². The molecule has 7 nitrogen and oxygen atoms in total. The van der Waals surface area contributed by atoms with Crippen LogP contribution in [0.15, 0.2) is 64.6 Å². The van der Waals surface area contributed by atoms with Crippen molar-refractivity contribution in [3.8, 4) is 5.75 Å². The van der Waals surface area contributed by atoms with E-state index in [-0.39, 0.29) is 15.4 Å². The third-order valence-electron chi connectivity index (χ3n) is 5.33. The number of benzene rings is 2. The fourth-order valence-electron chi connectivity index (χ4n) is 3.47. The average molecular weight is 493 g/mol. The Morgan fingerprint density at radius 1 is 1.00 bits per heavy atom. The van der Waals surface area contributed by atoms with Crippen LogP contribution in [0, 0.1) is 26.6 Å². The number of sulfone groups is 1. The van der Waals surface area contributed by atoms with Crippen LogP contribution in [-0.4, -0.2) is 35.5 Å². The van der Waals surface area contributed by atoms with E-state index in [0.29, 0.717) is 22.4 Å². The number of nitrogens with zero attached hydrogens (tertiary/aromatic N) is 1. The molecule has 10 heteroatoms. The molecule has 1 N–H and O–H groups in total. The summed E-state index contributed by atoms with van der Waals surface area (Å²) < 4.78 is 74.5. The summed E-state index contributed by atoms with van der Waals surface area (Å²) in [6.07, 6.45) is 2.86. The van der Waals surface area contributed by atoms with Crippen LogP contribution in [0.4, 0.5) is 4.39 Å². The van der Waals surface area contributed by atoms with Crippen LogP contribution in [0.5, 0.6) is 5.75 Å². The van der Waals surface area contributed by atoms with E-state index in [4.69, 9.17) is 4.74 Å². The first-order valence-corrected chi connectivity index (χ1v) is 13.0. The molecule has 33 heavy (non-hydrogen) atoms. The van der Waals surface area contributed by atoms with Gasteiger partial charge in [0.1, 0.15) is 16.8 Å². The topological polar surface area (TPSA) is 102 Å². The van der Waals surface area contributed by atoms with Gasteiger partial charge in [0, 0.05) is 18.9 Å². The van der Waals surface area contributed by atoms with E-state index in [1.165, 1.54) is 44.6 Å². The van der Waals surface area contributed by atoms with E-state index in [9.17, 15) is 21.2 Å². The van der Waals surface area contributed by atoms with Crippen molar-refractivity contribution in [1.29, 1.82) is 0 Å². The van der Waals surface area contributed by atoms with E-state index < -0.39 is 37.5 Å². The predicted octanol–water partition coefficient (Wildman–Crippen LogP) is 3.65. The minimum absolute atomic E-state index is 0.0285. The Morgan fingerprint density at radius 3 is 2.33 bits per heavy atom. The summed E-state index contributed by atoms with van der Waals surface area (Å²) in [5.74, 6) is 0.0203. The third-order valence-corrected chi connectivity index (χ3v) is 8.99. The van der Waals surface area contributed by atoms with Crippen molar-refractivity contribution in [3.63, 3.8) is 0 Å². The number of sulfonamides is 1. The number of pyridine rings is 1. The molecule has 0 saturated carbocycles. The molecule has 0 fully saturated rings. The van der Waals surface area contributed by atoms with Crippen molar-refractivity contribution in [2.75, 3.05) is 13.7 Å². The molecular weight excluding hydrogens is 467 g/mol. The van der Waals surface area contributed by atoms with Gasteiger partial charge >= 0.3 is 0 Å². The van der Waals surface area contributed by atoms with E-state index in [0.717, 1.165) is 6.07 Å². The van der Waals surface area contributed by atoms with Gasteiger partial charge in [-0.3, -0.25) is 4.98 Å². The van der Waals surface area contributed by atoms with Gasteiger partial charge in [0.05, 0.1) is 16.9 Å². The molecular formula is C23H25FN2O5S2. The van der Waals surface area contributed by atoms with Crippen molar-refractivity contribution in [1.82, 2.24) is 9.71 Å². The van der Waals surface area contributed by atoms with Gasteiger partial charge in [-0.1, -0.05) is 6.07 Å². The Morgan fingerprint density at radius 2 is 1.73 bits per heavy atom. The summed E-state index contributed by atoms with van der Waals surface area (Å²) in [6, 6.07) is 9.71. The number of methoxy groups -OCH3 is 1. The quantitative estimate of drug-likeness (QED) is 0.482. The SMILES string of the molecule is COc1cc(C)c(S(=O)(=O)NC[C@H](c2cccnc2)S(=O)(=O)c2ccc(F)c(C)c2)cc1C. The van der Waals surface area contributed by atoms with E-state index in [1.54, 1.807) is 32.0 Å². The molecule has 0 unspecified atom stereocenters. The molecule has 0 saturated heterocycles. The molecule has 0 amide bonds. The van der Waals surface area contributed by atoms with Crippen molar-refractivity contribution in [3.05, 3.63) is 82.9 Å². The zero-order valence-electron chi connectivity index (χ0n) is 18.7. The monoisotopic (exact) mass is 492 g/mol. The van der Waals surface area contributed by atoms with E-state index >= 15 is 0 Å². The number of hydrogen-bond acceptors (Lipinski definition) is 6. The normalized spacial score (nSPS) is 13.0. The van der Waals surface area contributed by atoms with Crippen molar-refractivity contribution < 1.29 is 26.0 Å². The summed E-state index contributed by atoms with van der Waals surface area (Å²) in [5, 5.41) is -1.27. The molecule has 0 aliphatic heterocycles. The van der Waals surface area contributed by atoms with E-state index in [2.05, 4.69) is 9.71 Å². The molecule has 1 heterocycles. The van der Waals surface area contributed by atoms with Gasteiger partial charge in [-0.05, 0) is 79.4 Å². The maximum atomic E-state index is 13.7. The number of aromatic nitrogens is 1. The Labute approximate surface area is 193 Å². The van der Waals surface area contributed by atoms with Crippen molar-refractivity contribution in [2.24, 2.45) is 0 Å². The van der Waals surface area contributed by atoms with Gasteiger partial charge < -0.3 is 4.74 Å². The second kappa shape index (κ2) is 9.58. The van der Waals surface area contributed by atoms with Crippen LogP contribution in [-0.2, 0) is 19.9 Å². The number of rotatable bonds is 8. The summed E-state index contributed by atoms with van der Waals surface area (Å²) in [5.41, 5.74) is 1.57. The fraction of sp³-hybridized carbons (Fsp3) is 0.261. The summed E-state index contributed by atoms with van der Waals surface area (Å²) in [4.78, 5) is 3.90. The van der Waals surface area contributed by atoms with Crippen LogP contribution in [0.25, 0.3) is 0 Å². The molecule has 3 rings (SSSR count). The largest absolute Gasteiger partial charge is 0.496 e. The first-order valence-electron chi connectivity index (χ1n) is 10.0. The maximum Gasteiger partial charge on any atom is 0.240 e. The number of nitrogens with one attached hydrogen (secondary N) is 1. The number of halogens is 1. The standard InChI is InChI=1S/C23H25FN2O5S2/c1-15-10-19(7-8-20(15)24)32(27,28)23(18-6-5-9-25-13-18)14-26-33(29,30)22-12-16(2)21(31-4)11-17(22)3/h5-13,23,26H,14H2,1-4H3/t23-/m1/s1. The highest BCUT2D eigenvalue weighted by atomic mass is 32.2. The van der Waals surface area contributed by atoms with Gasteiger partial charge in [0.15, 0.2) is 9.84 Å². The highest BCUT2D eigenvalue weighted by Crippen LogP contribution is 2.30.